The molecule has 2 bridgehead atoms. The van der Waals surface area contributed by atoms with Gasteiger partial charge >= 0.3 is 0 Å². The van der Waals surface area contributed by atoms with Crippen LogP contribution in [-0.2, 0) is 0 Å². The lowest BCUT2D eigenvalue weighted by Gasteiger charge is -2.07. The van der Waals surface area contributed by atoms with Crippen molar-refractivity contribution in [3.8, 4) is 0 Å². The SMILES string of the molecule is CCN1CC2C3C1N23. The van der Waals surface area contributed by atoms with E-state index >= 15 is 0 Å². The first-order valence-corrected chi connectivity index (χ1v) is 3.45. The highest BCUT2D eigenvalue weighted by Crippen LogP contribution is 2.58. The number of hydrogen-bond acceptors (Lipinski definition) is 2. The van der Waals surface area contributed by atoms with E-state index in [2.05, 4.69) is 16.7 Å². The summed E-state index contributed by atoms with van der Waals surface area (Å²) in [5.41, 5.74) is 0. The monoisotopic (exact) mass is 110 g/mol. The summed E-state index contributed by atoms with van der Waals surface area (Å²) in [4.78, 5) is 5.15. The van der Waals surface area contributed by atoms with Crippen LogP contribution in [0.4, 0.5) is 0 Å². The fraction of sp³-hybridized carbons (Fsp3) is 1.00. The van der Waals surface area contributed by atoms with E-state index in [0.717, 1.165) is 18.2 Å². The minimum Gasteiger partial charge on any atom is -0.285 e. The van der Waals surface area contributed by atoms with Gasteiger partial charge in [-0.3, -0.25) is 9.80 Å². The molecule has 4 atom stereocenters. The normalized spacial score (nSPS) is 65.6. The van der Waals surface area contributed by atoms with Gasteiger partial charge in [0.15, 0.2) is 0 Å². The van der Waals surface area contributed by atoms with Gasteiger partial charge in [0.1, 0.15) is 0 Å². The van der Waals surface area contributed by atoms with Crippen molar-refractivity contribution in [2.75, 3.05) is 13.1 Å². The second-order valence-corrected chi connectivity index (χ2v) is 3.01. The first-order valence-electron chi connectivity index (χ1n) is 3.45. The molecule has 44 valence electrons. The molecule has 0 aliphatic carbocycles. The van der Waals surface area contributed by atoms with Gasteiger partial charge in [-0.05, 0) is 6.54 Å². The number of likely N-dealkylation sites (N-methyl/N-ethyl adjacent to an activating group) is 1. The Labute approximate surface area is 49.1 Å². The molecule has 2 heteroatoms. The van der Waals surface area contributed by atoms with E-state index < -0.39 is 0 Å². The van der Waals surface area contributed by atoms with Gasteiger partial charge in [0, 0.05) is 12.6 Å². The van der Waals surface area contributed by atoms with Crippen molar-refractivity contribution in [3.63, 3.8) is 0 Å². The molecule has 0 saturated carbocycles. The molecule has 4 saturated heterocycles. The van der Waals surface area contributed by atoms with Crippen molar-refractivity contribution in [1.29, 1.82) is 0 Å². The van der Waals surface area contributed by atoms with Crippen LogP contribution in [0, 0.1) is 0 Å². The van der Waals surface area contributed by atoms with E-state index in [-0.39, 0.29) is 0 Å². The average molecular weight is 110 g/mol. The zero-order chi connectivity index (χ0) is 5.30. The van der Waals surface area contributed by atoms with Crippen LogP contribution in [0.5, 0.6) is 0 Å². The minimum atomic E-state index is 0.921. The third kappa shape index (κ3) is 0.213. The van der Waals surface area contributed by atoms with Gasteiger partial charge in [-0.15, -0.1) is 0 Å². The molecule has 0 spiro atoms. The van der Waals surface area contributed by atoms with Gasteiger partial charge in [-0.1, -0.05) is 6.92 Å². The van der Waals surface area contributed by atoms with Crippen molar-refractivity contribution in [3.05, 3.63) is 0 Å². The van der Waals surface area contributed by atoms with Gasteiger partial charge in [-0.2, -0.15) is 0 Å². The second-order valence-electron chi connectivity index (χ2n) is 3.01. The molecule has 4 rings (SSSR count). The van der Waals surface area contributed by atoms with Crippen molar-refractivity contribution < 1.29 is 0 Å². The van der Waals surface area contributed by atoms with Gasteiger partial charge in [0.2, 0.25) is 0 Å². The fourth-order valence-electron chi connectivity index (χ4n) is 2.14. The second kappa shape index (κ2) is 0.847. The van der Waals surface area contributed by atoms with Crippen molar-refractivity contribution >= 4 is 0 Å². The van der Waals surface area contributed by atoms with Gasteiger partial charge in [0.25, 0.3) is 0 Å². The predicted molar refractivity (Wildman–Crippen MR) is 30.4 cm³/mol. The maximum atomic E-state index is 2.59. The number of fused-ring (bicyclic) bond motifs is 1. The Kier molecular flexibility index (Phi) is 0.408. The van der Waals surface area contributed by atoms with Crippen molar-refractivity contribution in [2.45, 2.75) is 25.2 Å². The zero-order valence-electron chi connectivity index (χ0n) is 5.04. The molecule has 4 heterocycles. The molecule has 0 aromatic heterocycles. The molecule has 4 aliphatic heterocycles. The van der Waals surface area contributed by atoms with E-state index in [4.69, 9.17) is 0 Å². The Hall–Kier alpha value is -0.0800. The van der Waals surface area contributed by atoms with Crippen molar-refractivity contribution in [2.24, 2.45) is 0 Å². The zero-order valence-corrected chi connectivity index (χ0v) is 5.04. The summed E-state index contributed by atoms with van der Waals surface area (Å²) in [7, 11) is 0. The standard InChI is InChI=1S/C6H10N2/c1-2-7-3-4-5-6(7)8(4)5/h4-6H,2-3H2,1H3. The summed E-state index contributed by atoms with van der Waals surface area (Å²) in [5, 5.41) is 0. The molecule has 0 aromatic carbocycles. The molecular weight excluding hydrogens is 100 g/mol. The lowest BCUT2D eigenvalue weighted by Crippen LogP contribution is -2.21. The highest BCUT2D eigenvalue weighted by molar-refractivity contribution is 5.32. The molecule has 4 aliphatic rings. The Balaban J connectivity index is 1.87. The van der Waals surface area contributed by atoms with E-state index in [1.54, 1.807) is 0 Å². The summed E-state index contributed by atoms with van der Waals surface area (Å²) < 4.78 is 0. The van der Waals surface area contributed by atoms with Crippen molar-refractivity contribution in [1.82, 2.24) is 9.80 Å². The Morgan fingerprint density at radius 1 is 1.62 bits per heavy atom. The van der Waals surface area contributed by atoms with E-state index in [0.29, 0.717) is 0 Å². The quantitative estimate of drug-likeness (QED) is 0.428. The third-order valence-electron chi connectivity index (χ3n) is 2.75. The van der Waals surface area contributed by atoms with Gasteiger partial charge in [-0.25, -0.2) is 0 Å². The molecule has 0 aromatic rings. The summed E-state index contributed by atoms with van der Waals surface area (Å²) in [6.45, 7) is 4.88. The number of nitrogens with zero attached hydrogens (tertiary/aromatic N) is 2. The molecule has 0 N–H and O–H groups in total. The fourth-order valence-corrected chi connectivity index (χ4v) is 2.14. The lowest BCUT2D eigenvalue weighted by atomic mass is 10.3. The van der Waals surface area contributed by atoms with Gasteiger partial charge in [0.05, 0.1) is 12.2 Å². The Morgan fingerprint density at radius 2 is 2.38 bits per heavy atom. The van der Waals surface area contributed by atoms with Crippen LogP contribution in [-0.4, -0.2) is 41.1 Å². The largest absolute Gasteiger partial charge is 0.285 e. The molecule has 2 nitrogen and oxygen atoms in total. The molecule has 4 fully saturated rings. The van der Waals surface area contributed by atoms with Gasteiger partial charge < -0.3 is 0 Å². The van der Waals surface area contributed by atoms with Crippen LogP contribution in [0.25, 0.3) is 0 Å². The van der Waals surface area contributed by atoms with Crippen LogP contribution in [0.15, 0.2) is 0 Å². The van der Waals surface area contributed by atoms with Crippen LogP contribution >= 0.6 is 0 Å². The molecular formula is C6H10N2. The molecule has 0 amide bonds. The van der Waals surface area contributed by atoms with E-state index in [1.165, 1.54) is 13.1 Å². The topological polar surface area (TPSA) is 6.25 Å². The van der Waals surface area contributed by atoms with Crippen LogP contribution in [0.2, 0.25) is 0 Å². The maximum absolute atomic E-state index is 2.59. The van der Waals surface area contributed by atoms with E-state index in [1.807, 2.05) is 0 Å². The summed E-state index contributed by atoms with van der Waals surface area (Å²) >= 11 is 0. The molecule has 8 heavy (non-hydrogen) atoms. The highest BCUT2D eigenvalue weighted by Gasteiger charge is 2.78. The predicted octanol–water partition coefficient (Wildman–Crippen LogP) is -0.286. The first kappa shape index (κ1) is 3.85. The van der Waals surface area contributed by atoms with Crippen LogP contribution in [0.1, 0.15) is 6.92 Å². The average Bonchev–Trinajstić information content (AvgIpc) is 2.58. The first-order chi connectivity index (χ1) is 3.93. The third-order valence-corrected chi connectivity index (χ3v) is 2.75. The van der Waals surface area contributed by atoms with E-state index in [9.17, 15) is 0 Å². The summed E-state index contributed by atoms with van der Waals surface area (Å²) in [5.74, 6) is 0. The summed E-state index contributed by atoms with van der Waals surface area (Å²) in [6, 6.07) is 2.05. The molecule has 0 radical (unpaired) electrons. The molecule has 4 unspecified atom stereocenters. The smallest absolute Gasteiger partial charge is 0.0807 e. The van der Waals surface area contributed by atoms with Crippen LogP contribution < -0.4 is 0 Å². The Bertz CT molecular complexity index is 129. The number of piperazine rings is 1. The Morgan fingerprint density at radius 3 is 2.62 bits per heavy atom. The summed E-state index contributed by atoms with van der Waals surface area (Å²) in [6.07, 6.45) is 0.921. The maximum Gasteiger partial charge on any atom is 0.0807 e. The number of rotatable bonds is 1. The lowest BCUT2D eigenvalue weighted by molar-refractivity contribution is 0.325. The number of hydrogen-bond donors (Lipinski definition) is 0. The minimum absolute atomic E-state index is 0.921. The highest BCUT2D eigenvalue weighted by atomic mass is 15.7. The van der Waals surface area contributed by atoms with Crippen LogP contribution in [0.3, 0.4) is 0 Å².